The van der Waals surface area contributed by atoms with Crippen LogP contribution in [0.2, 0.25) is 0 Å². The van der Waals surface area contributed by atoms with Crippen LogP contribution < -0.4 is 10.6 Å². The van der Waals surface area contributed by atoms with Crippen LogP contribution in [0.5, 0.6) is 0 Å². The zero-order chi connectivity index (χ0) is 21.8. The van der Waals surface area contributed by atoms with Gasteiger partial charge in [0.15, 0.2) is 0 Å². The van der Waals surface area contributed by atoms with E-state index in [2.05, 4.69) is 27.8 Å². The highest BCUT2D eigenvalue weighted by Crippen LogP contribution is 2.20. The van der Waals surface area contributed by atoms with E-state index in [0.29, 0.717) is 32.6 Å². The second-order valence-electron chi connectivity index (χ2n) is 8.53. The molecule has 166 valence electrons. The largest absolute Gasteiger partial charge is 0.361 e. The zero-order valence-electron chi connectivity index (χ0n) is 18.0. The Morgan fingerprint density at radius 1 is 1.10 bits per heavy atom. The number of hydrogen-bond donors (Lipinski definition) is 3. The number of aromatic amines is 1. The molecule has 1 aliphatic carbocycles. The summed E-state index contributed by atoms with van der Waals surface area (Å²) in [5.41, 5.74) is 2.36. The molecule has 1 saturated heterocycles. The van der Waals surface area contributed by atoms with Crippen molar-refractivity contribution in [2.45, 2.75) is 51.1 Å². The highest BCUT2D eigenvalue weighted by Gasteiger charge is 2.28. The minimum Gasteiger partial charge on any atom is -0.361 e. The van der Waals surface area contributed by atoms with Crippen molar-refractivity contribution in [1.29, 1.82) is 0 Å². The van der Waals surface area contributed by atoms with Crippen LogP contribution >= 0.6 is 0 Å². The standard InChI is InChI=1S/C23H31N5O3/c1-16(22(30)26-18-9-10-18)25-23(31)28-13-11-27(12-14-28)21(29)8-4-5-17-15-24-20-7-3-2-6-19(17)20/h2-3,6-7,15-16,18,24H,4-5,8-14H2,1H3,(H,25,31)(H,26,30)/t16-/m0/s1. The van der Waals surface area contributed by atoms with E-state index in [1.165, 1.54) is 10.9 Å². The van der Waals surface area contributed by atoms with E-state index in [9.17, 15) is 14.4 Å². The lowest BCUT2D eigenvalue weighted by Gasteiger charge is -2.35. The summed E-state index contributed by atoms with van der Waals surface area (Å²) in [4.78, 5) is 43.8. The molecule has 8 heteroatoms. The number of nitrogens with one attached hydrogen (secondary N) is 3. The number of fused-ring (bicyclic) bond motifs is 1. The Labute approximate surface area is 182 Å². The Morgan fingerprint density at radius 2 is 1.81 bits per heavy atom. The van der Waals surface area contributed by atoms with Crippen molar-refractivity contribution < 1.29 is 14.4 Å². The normalized spacial score (nSPS) is 17.5. The molecule has 2 aliphatic rings. The van der Waals surface area contributed by atoms with Gasteiger partial charge in [0.1, 0.15) is 6.04 Å². The summed E-state index contributed by atoms with van der Waals surface area (Å²) in [6.45, 7) is 3.72. The molecule has 4 rings (SSSR count). The summed E-state index contributed by atoms with van der Waals surface area (Å²) < 4.78 is 0. The summed E-state index contributed by atoms with van der Waals surface area (Å²) in [6.07, 6.45) is 6.23. The summed E-state index contributed by atoms with van der Waals surface area (Å²) in [6, 6.07) is 7.67. The molecule has 1 aliphatic heterocycles. The number of nitrogens with zero attached hydrogens (tertiary/aromatic N) is 2. The third kappa shape index (κ3) is 5.37. The number of amides is 4. The number of urea groups is 1. The van der Waals surface area contributed by atoms with Crippen LogP contribution in [0, 0.1) is 0 Å². The predicted octanol–water partition coefficient (Wildman–Crippen LogP) is 2.01. The van der Waals surface area contributed by atoms with E-state index in [4.69, 9.17) is 0 Å². The van der Waals surface area contributed by atoms with E-state index in [-0.39, 0.29) is 23.9 Å². The van der Waals surface area contributed by atoms with Gasteiger partial charge in [0.05, 0.1) is 0 Å². The number of piperazine rings is 1. The second-order valence-corrected chi connectivity index (χ2v) is 8.53. The van der Waals surface area contributed by atoms with Crippen LogP contribution in [0.15, 0.2) is 30.5 Å². The number of carbonyl (C=O) groups is 3. The lowest BCUT2D eigenvalue weighted by molar-refractivity contribution is -0.132. The van der Waals surface area contributed by atoms with Gasteiger partial charge in [-0.05, 0) is 44.2 Å². The van der Waals surface area contributed by atoms with Crippen molar-refractivity contribution >= 4 is 28.7 Å². The van der Waals surface area contributed by atoms with Crippen LogP contribution in [-0.4, -0.2) is 70.9 Å². The van der Waals surface area contributed by atoms with Crippen molar-refractivity contribution in [1.82, 2.24) is 25.4 Å². The fraction of sp³-hybridized carbons (Fsp3) is 0.522. The molecule has 0 unspecified atom stereocenters. The molecule has 0 spiro atoms. The Balaban J connectivity index is 1.17. The molecule has 31 heavy (non-hydrogen) atoms. The minimum atomic E-state index is -0.558. The Morgan fingerprint density at radius 3 is 2.55 bits per heavy atom. The number of H-pyrrole nitrogens is 1. The number of carbonyl (C=O) groups excluding carboxylic acids is 3. The van der Waals surface area contributed by atoms with Crippen molar-refractivity contribution in [3.8, 4) is 0 Å². The first-order valence-corrected chi connectivity index (χ1v) is 11.2. The number of hydrogen-bond acceptors (Lipinski definition) is 3. The maximum Gasteiger partial charge on any atom is 0.318 e. The van der Waals surface area contributed by atoms with E-state index < -0.39 is 6.04 Å². The first kappa shape index (κ1) is 21.2. The number of benzene rings is 1. The number of aryl methyl sites for hydroxylation is 1. The molecule has 1 atom stereocenters. The van der Waals surface area contributed by atoms with E-state index in [1.54, 1.807) is 11.8 Å². The van der Waals surface area contributed by atoms with Gasteiger partial charge in [-0.3, -0.25) is 9.59 Å². The predicted molar refractivity (Wildman–Crippen MR) is 119 cm³/mol. The molecule has 0 radical (unpaired) electrons. The Bertz CT molecular complexity index is 944. The number of rotatable bonds is 7. The maximum atomic E-state index is 12.6. The molecule has 8 nitrogen and oxygen atoms in total. The van der Waals surface area contributed by atoms with Crippen LogP contribution in [0.4, 0.5) is 4.79 Å². The number of aromatic nitrogens is 1. The van der Waals surface area contributed by atoms with Gasteiger partial charge in [-0.1, -0.05) is 18.2 Å². The van der Waals surface area contributed by atoms with E-state index >= 15 is 0 Å². The SMILES string of the molecule is C[C@H](NC(=O)N1CCN(C(=O)CCCc2c[nH]c3ccccc23)CC1)C(=O)NC1CC1. The van der Waals surface area contributed by atoms with Gasteiger partial charge >= 0.3 is 6.03 Å². The quantitative estimate of drug-likeness (QED) is 0.633. The highest BCUT2D eigenvalue weighted by atomic mass is 16.2. The van der Waals surface area contributed by atoms with Gasteiger partial charge in [-0.25, -0.2) is 4.79 Å². The van der Waals surface area contributed by atoms with Crippen molar-refractivity contribution in [2.24, 2.45) is 0 Å². The van der Waals surface area contributed by atoms with Crippen LogP contribution in [0.1, 0.15) is 38.2 Å². The molecule has 2 aromatic rings. The lowest BCUT2D eigenvalue weighted by atomic mass is 10.1. The number of para-hydroxylation sites is 1. The van der Waals surface area contributed by atoms with Gasteiger partial charge in [-0.2, -0.15) is 0 Å². The van der Waals surface area contributed by atoms with Crippen LogP contribution in [-0.2, 0) is 16.0 Å². The molecular weight excluding hydrogens is 394 g/mol. The Kier molecular flexibility index (Phi) is 6.44. The van der Waals surface area contributed by atoms with E-state index in [0.717, 1.165) is 31.2 Å². The van der Waals surface area contributed by atoms with Gasteiger partial charge < -0.3 is 25.4 Å². The third-order valence-electron chi connectivity index (χ3n) is 6.09. The first-order valence-electron chi connectivity index (χ1n) is 11.2. The lowest BCUT2D eigenvalue weighted by Crippen LogP contribution is -2.56. The van der Waals surface area contributed by atoms with Crippen LogP contribution in [0.25, 0.3) is 10.9 Å². The molecule has 4 amide bonds. The Hall–Kier alpha value is -3.03. The van der Waals surface area contributed by atoms with Crippen molar-refractivity contribution in [3.63, 3.8) is 0 Å². The average molecular weight is 426 g/mol. The molecule has 2 heterocycles. The summed E-state index contributed by atoms with van der Waals surface area (Å²) in [5, 5.41) is 6.87. The second kappa shape index (κ2) is 9.41. The van der Waals surface area contributed by atoms with Crippen LogP contribution in [0.3, 0.4) is 0 Å². The molecular formula is C23H31N5O3. The van der Waals surface area contributed by atoms with Gasteiger partial charge in [0, 0.05) is 55.7 Å². The van der Waals surface area contributed by atoms with E-state index in [1.807, 2.05) is 23.2 Å². The first-order chi connectivity index (χ1) is 15.0. The molecule has 2 fully saturated rings. The third-order valence-corrected chi connectivity index (χ3v) is 6.09. The van der Waals surface area contributed by atoms with Gasteiger partial charge in [-0.15, -0.1) is 0 Å². The topological polar surface area (TPSA) is 97.5 Å². The average Bonchev–Trinajstić information content (AvgIpc) is 3.51. The minimum absolute atomic E-state index is 0.136. The smallest absolute Gasteiger partial charge is 0.318 e. The summed E-state index contributed by atoms with van der Waals surface area (Å²) in [5.74, 6) is -0.00283. The maximum absolute atomic E-state index is 12.6. The highest BCUT2D eigenvalue weighted by molar-refractivity contribution is 5.87. The van der Waals surface area contributed by atoms with Crippen molar-refractivity contribution in [3.05, 3.63) is 36.0 Å². The van der Waals surface area contributed by atoms with Gasteiger partial charge in [0.25, 0.3) is 0 Å². The fourth-order valence-corrected chi connectivity index (χ4v) is 3.98. The molecule has 1 aromatic heterocycles. The fourth-order valence-electron chi connectivity index (χ4n) is 3.98. The molecule has 1 saturated carbocycles. The molecule has 3 N–H and O–H groups in total. The zero-order valence-corrected chi connectivity index (χ0v) is 18.0. The monoisotopic (exact) mass is 425 g/mol. The van der Waals surface area contributed by atoms with Crippen molar-refractivity contribution in [2.75, 3.05) is 26.2 Å². The molecule has 1 aromatic carbocycles. The van der Waals surface area contributed by atoms with Gasteiger partial charge in [0.2, 0.25) is 11.8 Å². The molecule has 0 bridgehead atoms. The summed E-state index contributed by atoms with van der Waals surface area (Å²) >= 11 is 0. The summed E-state index contributed by atoms with van der Waals surface area (Å²) in [7, 11) is 0.